The molecule has 0 amide bonds. The van der Waals surface area contributed by atoms with Gasteiger partial charge in [0, 0.05) is 18.4 Å². The van der Waals surface area contributed by atoms with Crippen molar-refractivity contribution in [3.8, 4) is 0 Å². The van der Waals surface area contributed by atoms with Gasteiger partial charge in [0.25, 0.3) is 0 Å². The summed E-state index contributed by atoms with van der Waals surface area (Å²) in [6.45, 7) is 4.57. The van der Waals surface area contributed by atoms with Crippen molar-refractivity contribution in [1.82, 2.24) is 9.55 Å². The van der Waals surface area contributed by atoms with Gasteiger partial charge in [-0.1, -0.05) is 37.7 Å². The highest BCUT2D eigenvalue weighted by molar-refractivity contribution is 7.99. The van der Waals surface area contributed by atoms with Crippen molar-refractivity contribution in [2.75, 3.05) is 5.75 Å². The molecule has 2 rings (SSSR count). The molecule has 1 aromatic heterocycles. The lowest BCUT2D eigenvalue weighted by molar-refractivity contribution is -0.133. The van der Waals surface area contributed by atoms with Crippen molar-refractivity contribution in [3.63, 3.8) is 0 Å². The Morgan fingerprint density at radius 3 is 2.86 bits per heavy atom. The Balaban J connectivity index is 2.30. The summed E-state index contributed by atoms with van der Waals surface area (Å²) in [5.74, 6) is -0.951. The fraction of sp³-hybridized carbons (Fsp3) is 0.333. The number of imidazole rings is 1. The SMILES string of the molecule is CC(C)c1cnc(SCC(=O)O)n1Cc1cccc(F)c1. The molecule has 0 radical (unpaired) electrons. The zero-order valence-corrected chi connectivity index (χ0v) is 12.7. The van der Waals surface area contributed by atoms with E-state index in [-0.39, 0.29) is 17.5 Å². The Bertz CT molecular complexity index is 640. The zero-order valence-electron chi connectivity index (χ0n) is 11.9. The van der Waals surface area contributed by atoms with Crippen LogP contribution >= 0.6 is 11.8 Å². The van der Waals surface area contributed by atoms with E-state index in [0.29, 0.717) is 11.7 Å². The van der Waals surface area contributed by atoms with E-state index in [0.717, 1.165) is 11.3 Å². The maximum atomic E-state index is 13.3. The number of aliphatic carboxylic acids is 1. The average Bonchev–Trinajstić information content (AvgIpc) is 2.79. The highest BCUT2D eigenvalue weighted by atomic mass is 32.2. The normalized spacial score (nSPS) is 11.0. The van der Waals surface area contributed by atoms with Crippen molar-refractivity contribution < 1.29 is 14.3 Å². The summed E-state index contributed by atoms with van der Waals surface area (Å²) in [6, 6.07) is 6.40. The number of hydrogen-bond donors (Lipinski definition) is 1. The van der Waals surface area contributed by atoms with Crippen molar-refractivity contribution >= 4 is 17.7 Å². The second-order valence-electron chi connectivity index (χ2n) is 5.02. The molecule has 0 fully saturated rings. The number of aromatic nitrogens is 2. The Morgan fingerprint density at radius 2 is 2.24 bits per heavy atom. The molecule has 0 saturated carbocycles. The number of benzene rings is 1. The molecule has 2 aromatic rings. The summed E-state index contributed by atoms with van der Waals surface area (Å²) < 4.78 is 15.3. The lowest BCUT2D eigenvalue weighted by atomic mass is 10.1. The second kappa shape index (κ2) is 6.76. The lowest BCUT2D eigenvalue weighted by Crippen LogP contribution is -2.08. The van der Waals surface area contributed by atoms with Gasteiger partial charge in [0.1, 0.15) is 5.82 Å². The highest BCUT2D eigenvalue weighted by Crippen LogP contribution is 2.24. The molecule has 1 N–H and O–H groups in total. The topological polar surface area (TPSA) is 55.1 Å². The van der Waals surface area contributed by atoms with Crippen molar-refractivity contribution in [2.45, 2.75) is 31.5 Å². The molecule has 0 saturated heterocycles. The Hall–Kier alpha value is -1.82. The van der Waals surface area contributed by atoms with Crippen LogP contribution in [0.3, 0.4) is 0 Å². The van der Waals surface area contributed by atoms with Crippen LogP contribution in [0.25, 0.3) is 0 Å². The van der Waals surface area contributed by atoms with E-state index in [4.69, 9.17) is 5.11 Å². The van der Waals surface area contributed by atoms with E-state index in [1.165, 1.54) is 23.9 Å². The molecule has 0 spiro atoms. The van der Waals surface area contributed by atoms with E-state index in [2.05, 4.69) is 4.98 Å². The maximum Gasteiger partial charge on any atom is 0.313 e. The number of thioether (sulfide) groups is 1. The number of halogens is 1. The number of nitrogens with zero attached hydrogens (tertiary/aromatic N) is 2. The first-order chi connectivity index (χ1) is 9.97. The molecular formula is C15H17FN2O2S. The van der Waals surface area contributed by atoms with Crippen LogP contribution in [0.15, 0.2) is 35.6 Å². The smallest absolute Gasteiger partial charge is 0.313 e. The molecular weight excluding hydrogens is 291 g/mol. The van der Waals surface area contributed by atoms with E-state index >= 15 is 0 Å². The van der Waals surface area contributed by atoms with E-state index in [9.17, 15) is 9.18 Å². The van der Waals surface area contributed by atoms with E-state index < -0.39 is 5.97 Å². The maximum absolute atomic E-state index is 13.3. The summed E-state index contributed by atoms with van der Waals surface area (Å²) in [5.41, 5.74) is 1.83. The number of rotatable bonds is 6. The van der Waals surface area contributed by atoms with Crippen molar-refractivity contribution in [1.29, 1.82) is 0 Å². The van der Waals surface area contributed by atoms with Crippen LogP contribution in [0.4, 0.5) is 4.39 Å². The van der Waals surface area contributed by atoms with Gasteiger partial charge >= 0.3 is 5.97 Å². The molecule has 0 aliphatic carbocycles. The van der Waals surface area contributed by atoms with Crippen LogP contribution in [0.2, 0.25) is 0 Å². The summed E-state index contributed by atoms with van der Waals surface area (Å²) >= 11 is 1.18. The largest absolute Gasteiger partial charge is 0.481 e. The molecule has 0 bridgehead atoms. The monoisotopic (exact) mass is 308 g/mol. The summed E-state index contributed by atoms with van der Waals surface area (Å²) in [6.07, 6.45) is 1.76. The minimum Gasteiger partial charge on any atom is -0.481 e. The predicted molar refractivity (Wildman–Crippen MR) is 80.2 cm³/mol. The highest BCUT2D eigenvalue weighted by Gasteiger charge is 2.15. The third kappa shape index (κ3) is 4.07. The third-order valence-corrected chi connectivity index (χ3v) is 3.97. The van der Waals surface area contributed by atoms with Gasteiger partial charge in [-0.15, -0.1) is 0 Å². The fourth-order valence-electron chi connectivity index (χ4n) is 2.05. The molecule has 21 heavy (non-hydrogen) atoms. The van der Waals surface area contributed by atoms with E-state index in [1.807, 2.05) is 24.5 Å². The standard InChI is InChI=1S/C15H17FN2O2S/c1-10(2)13-7-17-15(21-9-14(19)20)18(13)8-11-4-3-5-12(16)6-11/h3-7,10H,8-9H2,1-2H3,(H,19,20). The predicted octanol–water partition coefficient (Wildman–Crippen LogP) is 3.37. The summed E-state index contributed by atoms with van der Waals surface area (Å²) in [5, 5.41) is 9.44. The minimum absolute atomic E-state index is 0.0439. The first-order valence-corrected chi connectivity index (χ1v) is 7.60. The van der Waals surface area contributed by atoms with Crippen LogP contribution in [0.5, 0.6) is 0 Å². The van der Waals surface area contributed by atoms with Gasteiger partial charge in [0.2, 0.25) is 0 Å². The quantitative estimate of drug-likeness (QED) is 0.831. The molecule has 1 heterocycles. The lowest BCUT2D eigenvalue weighted by Gasteiger charge is -2.13. The Kier molecular flexibility index (Phi) is 5.01. The molecule has 6 heteroatoms. The Morgan fingerprint density at radius 1 is 1.48 bits per heavy atom. The van der Waals surface area contributed by atoms with Crippen LogP contribution in [0, 0.1) is 5.82 Å². The average molecular weight is 308 g/mol. The summed E-state index contributed by atoms with van der Waals surface area (Å²) in [7, 11) is 0. The first-order valence-electron chi connectivity index (χ1n) is 6.62. The minimum atomic E-state index is -0.883. The second-order valence-corrected chi connectivity index (χ2v) is 5.96. The van der Waals surface area contributed by atoms with Crippen LogP contribution in [-0.2, 0) is 11.3 Å². The van der Waals surface area contributed by atoms with Gasteiger partial charge in [0.05, 0.1) is 5.75 Å². The third-order valence-electron chi connectivity index (χ3n) is 3.00. The van der Waals surface area contributed by atoms with Gasteiger partial charge in [-0.2, -0.15) is 0 Å². The first kappa shape index (κ1) is 15.6. The number of carboxylic acids is 1. The Labute approximate surface area is 127 Å². The van der Waals surface area contributed by atoms with Gasteiger partial charge in [-0.05, 0) is 23.6 Å². The van der Waals surface area contributed by atoms with Gasteiger partial charge in [-0.25, -0.2) is 9.37 Å². The van der Waals surface area contributed by atoms with Crippen LogP contribution < -0.4 is 0 Å². The fourth-order valence-corrected chi connectivity index (χ4v) is 2.76. The molecule has 0 atom stereocenters. The molecule has 112 valence electrons. The molecule has 0 unspecified atom stereocenters. The van der Waals surface area contributed by atoms with Gasteiger partial charge in [0.15, 0.2) is 5.16 Å². The number of hydrogen-bond acceptors (Lipinski definition) is 3. The van der Waals surface area contributed by atoms with Gasteiger partial charge in [-0.3, -0.25) is 4.79 Å². The van der Waals surface area contributed by atoms with Gasteiger partial charge < -0.3 is 9.67 Å². The van der Waals surface area contributed by atoms with Crippen LogP contribution in [0.1, 0.15) is 31.0 Å². The molecule has 0 aliphatic heterocycles. The summed E-state index contributed by atoms with van der Waals surface area (Å²) in [4.78, 5) is 15.0. The van der Waals surface area contributed by atoms with Crippen molar-refractivity contribution in [3.05, 3.63) is 47.5 Å². The number of carbonyl (C=O) groups is 1. The zero-order chi connectivity index (χ0) is 15.4. The molecule has 1 aromatic carbocycles. The number of carboxylic acid groups (broad SMARTS) is 1. The molecule has 4 nitrogen and oxygen atoms in total. The molecule has 0 aliphatic rings. The van der Waals surface area contributed by atoms with Crippen LogP contribution in [-0.4, -0.2) is 26.4 Å². The van der Waals surface area contributed by atoms with Crippen molar-refractivity contribution in [2.24, 2.45) is 0 Å². The van der Waals surface area contributed by atoms with E-state index in [1.54, 1.807) is 12.3 Å².